The molecule has 4 nitrogen and oxygen atoms in total. The molecular weight excluding hydrogens is 434 g/mol. The lowest BCUT2D eigenvalue weighted by Crippen LogP contribution is -2.29. The molecule has 0 saturated heterocycles. The van der Waals surface area contributed by atoms with Crippen LogP contribution in [0, 0.1) is 18.8 Å². The van der Waals surface area contributed by atoms with Crippen LogP contribution in [-0.2, 0) is 10.3 Å². The lowest BCUT2D eigenvalue weighted by atomic mass is 9.79. The van der Waals surface area contributed by atoms with Crippen LogP contribution in [0.25, 0.3) is 0 Å². The predicted octanol–water partition coefficient (Wildman–Crippen LogP) is 6.43. The van der Waals surface area contributed by atoms with E-state index in [-0.39, 0.29) is 5.78 Å². The summed E-state index contributed by atoms with van der Waals surface area (Å²) in [5.41, 5.74) is 2.33. The Morgan fingerprint density at radius 2 is 1.89 bits per heavy atom. The standard InChI is InChI=1S/C31H45NO3/c1-24-12-7-8-17-29(24)31(34,18-9-10-19-35-3)28-16-11-15-27(22-28)30(33)21-26(23-32-2)20-25-13-5-4-6-14-25/h7-8,11-12,15-17,22,25-26,32,34H,4-6,9-10,13-14,18-21,23H2,1-3H3/t26-,31+/m1/s1. The van der Waals surface area contributed by atoms with Gasteiger partial charge in [0.25, 0.3) is 0 Å². The number of ketones is 1. The van der Waals surface area contributed by atoms with Gasteiger partial charge in [0, 0.05) is 25.7 Å². The lowest BCUT2D eigenvalue weighted by Gasteiger charge is -2.31. The number of ether oxygens (including phenoxy) is 1. The SMILES string of the molecule is CNC[C@@H](CC(=O)c1cccc([C@@](O)(CCCCOC)c2ccccc2C)c1)CC1CCCCC1. The molecule has 3 rings (SSSR count). The van der Waals surface area contributed by atoms with Gasteiger partial charge in [0.05, 0.1) is 0 Å². The molecule has 0 unspecified atom stereocenters. The van der Waals surface area contributed by atoms with Gasteiger partial charge < -0.3 is 15.2 Å². The molecule has 2 aromatic rings. The summed E-state index contributed by atoms with van der Waals surface area (Å²) in [6.45, 7) is 3.59. The highest BCUT2D eigenvalue weighted by Crippen LogP contribution is 2.37. The summed E-state index contributed by atoms with van der Waals surface area (Å²) in [5, 5.41) is 15.4. The van der Waals surface area contributed by atoms with Crippen molar-refractivity contribution in [3.05, 3.63) is 70.8 Å². The quantitative estimate of drug-likeness (QED) is 0.242. The van der Waals surface area contributed by atoms with E-state index < -0.39 is 5.60 Å². The Bertz CT molecular complexity index is 921. The maximum atomic E-state index is 13.4. The molecule has 0 heterocycles. The second kappa shape index (κ2) is 13.9. The van der Waals surface area contributed by atoms with Crippen LogP contribution in [0.2, 0.25) is 0 Å². The number of aliphatic hydroxyl groups is 1. The molecule has 2 aromatic carbocycles. The summed E-state index contributed by atoms with van der Waals surface area (Å²) in [7, 11) is 3.68. The summed E-state index contributed by atoms with van der Waals surface area (Å²) in [6, 6.07) is 15.8. The highest BCUT2D eigenvalue weighted by atomic mass is 16.5. The zero-order valence-corrected chi connectivity index (χ0v) is 22.0. The van der Waals surface area contributed by atoms with Crippen LogP contribution in [0.15, 0.2) is 48.5 Å². The van der Waals surface area contributed by atoms with Crippen LogP contribution in [0.1, 0.15) is 91.3 Å². The number of carbonyl (C=O) groups excluding carboxylic acids is 1. The van der Waals surface area contributed by atoms with Crippen LogP contribution < -0.4 is 5.32 Å². The van der Waals surface area contributed by atoms with Gasteiger partial charge in [-0.25, -0.2) is 0 Å². The van der Waals surface area contributed by atoms with Crippen LogP contribution in [0.4, 0.5) is 0 Å². The maximum absolute atomic E-state index is 13.4. The Morgan fingerprint density at radius 1 is 1.11 bits per heavy atom. The second-order valence-corrected chi connectivity index (χ2v) is 10.5. The van der Waals surface area contributed by atoms with Gasteiger partial charge in [-0.05, 0) is 80.8 Å². The second-order valence-electron chi connectivity index (χ2n) is 10.5. The van der Waals surface area contributed by atoms with E-state index in [1.54, 1.807) is 7.11 Å². The minimum Gasteiger partial charge on any atom is -0.385 e. The van der Waals surface area contributed by atoms with Gasteiger partial charge in [-0.2, -0.15) is 0 Å². The van der Waals surface area contributed by atoms with Crippen molar-refractivity contribution in [3.63, 3.8) is 0 Å². The molecule has 1 saturated carbocycles. The van der Waals surface area contributed by atoms with Crippen molar-refractivity contribution in [2.75, 3.05) is 27.3 Å². The Labute approximate surface area is 212 Å². The van der Waals surface area contributed by atoms with E-state index >= 15 is 0 Å². The van der Waals surface area contributed by atoms with E-state index in [1.165, 1.54) is 32.1 Å². The largest absolute Gasteiger partial charge is 0.385 e. The molecule has 1 aliphatic rings. The van der Waals surface area contributed by atoms with E-state index in [2.05, 4.69) is 5.32 Å². The third-order valence-corrected chi connectivity index (χ3v) is 7.75. The van der Waals surface area contributed by atoms with Gasteiger partial charge in [-0.3, -0.25) is 4.79 Å². The van der Waals surface area contributed by atoms with Crippen LogP contribution in [-0.4, -0.2) is 38.2 Å². The number of Topliss-reactive ketones (excluding diaryl/α,β-unsaturated/α-hetero) is 1. The normalized spacial score (nSPS) is 17.1. The molecule has 35 heavy (non-hydrogen) atoms. The van der Waals surface area contributed by atoms with Crippen LogP contribution in [0.3, 0.4) is 0 Å². The summed E-state index contributed by atoms with van der Waals surface area (Å²) in [5.74, 6) is 1.28. The monoisotopic (exact) mass is 479 g/mol. The summed E-state index contributed by atoms with van der Waals surface area (Å²) in [6.07, 6.45) is 10.6. The lowest BCUT2D eigenvalue weighted by molar-refractivity contribution is 0.0644. The topological polar surface area (TPSA) is 58.6 Å². The fourth-order valence-electron chi connectivity index (χ4n) is 5.85. The van der Waals surface area contributed by atoms with E-state index in [1.807, 2.05) is 62.5 Å². The highest BCUT2D eigenvalue weighted by Gasteiger charge is 2.33. The maximum Gasteiger partial charge on any atom is 0.163 e. The van der Waals surface area contributed by atoms with Crippen molar-refractivity contribution in [1.82, 2.24) is 5.32 Å². The van der Waals surface area contributed by atoms with Crippen LogP contribution >= 0.6 is 0 Å². The number of methoxy groups -OCH3 is 1. The first-order valence-electron chi connectivity index (χ1n) is 13.5. The smallest absolute Gasteiger partial charge is 0.163 e. The Balaban J connectivity index is 1.81. The van der Waals surface area contributed by atoms with Crippen molar-refractivity contribution >= 4 is 5.78 Å². The molecule has 2 N–H and O–H groups in total. The third-order valence-electron chi connectivity index (χ3n) is 7.75. The van der Waals surface area contributed by atoms with Gasteiger partial charge >= 0.3 is 0 Å². The average molecular weight is 480 g/mol. The van der Waals surface area contributed by atoms with E-state index in [0.717, 1.165) is 48.4 Å². The molecular formula is C31H45NO3. The molecule has 0 radical (unpaired) electrons. The zero-order valence-electron chi connectivity index (χ0n) is 22.0. The number of hydrogen-bond donors (Lipinski definition) is 2. The summed E-state index contributed by atoms with van der Waals surface area (Å²) in [4.78, 5) is 13.4. The van der Waals surface area contributed by atoms with Gasteiger partial charge in [-0.1, -0.05) is 74.6 Å². The molecule has 192 valence electrons. The third kappa shape index (κ3) is 7.73. The predicted molar refractivity (Wildman–Crippen MR) is 144 cm³/mol. The zero-order chi connectivity index (χ0) is 25.1. The van der Waals surface area contributed by atoms with Gasteiger partial charge in [-0.15, -0.1) is 0 Å². The molecule has 4 heteroatoms. The average Bonchev–Trinajstić information content (AvgIpc) is 2.87. The fourth-order valence-corrected chi connectivity index (χ4v) is 5.85. The minimum atomic E-state index is -1.14. The number of rotatable bonds is 14. The van der Waals surface area contributed by atoms with Gasteiger partial charge in [0.1, 0.15) is 5.60 Å². The molecule has 0 aliphatic heterocycles. The summed E-state index contributed by atoms with van der Waals surface area (Å²) < 4.78 is 5.22. The van der Waals surface area contributed by atoms with Crippen molar-refractivity contribution in [2.45, 2.75) is 76.7 Å². The molecule has 0 aromatic heterocycles. The Kier molecular flexibility index (Phi) is 11.0. The van der Waals surface area contributed by atoms with Crippen molar-refractivity contribution in [2.24, 2.45) is 11.8 Å². The van der Waals surface area contributed by atoms with Crippen molar-refractivity contribution < 1.29 is 14.6 Å². The molecule has 0 bridgehead atoms. The number of nitrogens with one attached hydrogen (secondary N) is 1. The molecule has 0 spiro atoms. The molecule has 0 amide bonds. The number of benzene rings is 2. The van der Waals surface area contributed by atoms with Crippen LogP contribution in [0.5, 0.6) is 0 Å². The van der Waals surface area contributed by atoms with Crippen molar-refractivity contribution in [1.29, 1.82) is 0 Å². The van der Waals surface area contributed by atoms with Gasteiger partial charge in [0.2, 0.25) is 0 Å². The number of unbranched alkanes of at least 4 members (excludes halogenated alkanes) is 1. The first-order valence-corrected chi connectivity index (χ1v) is 13.5. The Hall–Kier alpha value is -2.01. The Morgan fingerprint density at radius 3 is 2.60 bits per heavy atom. The summed E-state index contributed by atoms with van der Waals surface area (Å²) >= 11 is 0. The fraction of sp³-hybridized carbons (Fsp3) is 0.581. The molecule has 1 fully saturated rings. The first-order chi connectivity index (χ1) is 17.0. The minimum absolute atomic E-state index is 0.175. The van der Waals surface area contributed by atoms with E-state index in [9.17, 15) is 9.90 Å². The van der Waals surface area contributed by atoms with Gasteiger partial charge in [0.15, 0.2) is 5.78 Å². The number of hydrogen-bond acceptors (Lipinski definition) is 4. The van der Waals surface area contributed by atoms with Crippen molar-refractivity contribution in [3.8, 4) is 0 Å². The molecule has 1 aliphatic carbocycles. The number of aryl methyl sites for hydroxylation is 1. The molecule has 2 atom stereocenters. The van der Waals surface area contributed by atoms with E-state index in [0.29, 0.717) is 30.9 Å². The number of carbonyl (C=O) groups is 1. The first kappa shape index (κ1) is 27.6. The van der Waals surface area contributed by atoms with E-state index in [4.69, 9.17) is 4.74 Å². The highest BCUT2D eigenvalue weighted by molar-refractivity contribution is 5.96.